The Balaban J connectivity index is 2.94. The molecule has 0 rings (SSSR count). The van der Waals surface area contributed by atoms with Gasteiger partial charge in [0, 0.05) is 19.5 Å². The summed E-state index contributed by atoms with van der Waals surface area (Å²) in [5.41, 5.74) is 2.58. The zero-order valence-electron chi connectivity index (χ0n) is 5.02. The van der Waals surface area contributed by atoms with Gasteiger partial charge in [0.05, 0.1) is 0 Å². The fourth-order valence-corrected chi connectivity index (χ4v) is 0.282. The molecule has 2 N–H and O–H groups in total. The van der Waals surface area contributed by atoms with E-state index in [1.54, 1.807) is 6.20 Å². The summed E-state index contributed by atoms with van der Waals surface area (Å²) in [5, 5.41) is 6.33. The van der Waals surface area contributed by atoms with Crippen LogP contribution in [-0.4, -0.2) is 20.3 Å². The zero-order chi connectivity index (χ0) is 6.24. The lowest BCUT2D eigenvalue weighted by Gasteiger charge is -1.86. The van der Waals surface area contributed by atoms with E-state index in [-0.39, 0.29) is 0 Å². The maximum Gasteiger partial charge on any atom is 0.0172 e. The summed E-state index contributed by atoms with van der Waals surface area (Å²) in [6.45, 7) is 4.08. The standard InChI is InChI=1S/C5H11N3/c1-6-4-3-5-8-7-2/h3,5-6,8H,2,4H2,1H3/b5-3+. The Morgan fingerprint density at radius 2 is 2.50 bits per heavy atom. The third-order valence-electron chi connectivity index (χ3n) is 0.606. The molecule has 46 valence electrons. The zero-order valence-corrected chi connectivity index (χ0v) is 5.02. The highest BCUT2D eigenvalue weighted by atomic mass is 15.3. The topological polar surface area (TPSA) is 36.4 Å². The van der Waals surface area contributed by atoms with Gasteiger partial charge in [-0.15, -0.1) is 0 Å². The lowest BCUT2D eigenvalue weighted by molar-refractivity contribution is 0.899. The van der Waals surface area contributed by atoms with Crippen LogP contribution in [0.5, 0.6) is 0 Å². The molecule has 0 aliphatic rings. The minimum atomic E-state index is 0.850. The molecule has 0 aromatic rings. The minimum absolute atomic E-state index is 0.850. The molecule has 0 fully saturated rings. The van der Waals surface area contributed by atoms with Crippen LogP contribution in [0.2, 0.25) is 0 Å². The fraction of sp³-hybridized carbons (Fsp3) is 0.400. The van der Waals surface area contributed by atoms with Gasteiger partial charge in [-0.25, -0.2) is 0 Å². The first-order valence-corrected chi connectivity index (χ1v) is 2.42. The number of nitrogens with one attached hydrogen (secondary N) is 2. The Morgan fingerprint density at radius 3 is 3.00 bits per heavy atom. The summed E-state index contributed by atoms with van der Waals surface area (Å²) in [5.74, 6) is 0. The highest BCUT2D eigenvalue weighted by Crippen LogP contribution is 1.61. The Hall–Kier alpha value is -0.830. The van der Waals surface area contributed by atoms with Crippen molar-refractivity contribution in [3.63, 3.8) is 0 Å². The van der Waals surface area contributed by atoms with Crippen molar-refractivity contribution in [2.75, 3.05) is 13.6 Å². The molecule has 8 heavy (non-hydrogen) atoms. The van der Waals surface area contributed by atoms with Crippen LogP contribution in [0.4, 0.5) is 0 Å². The largest absolute Gasteiger partial charge is 0.316 e. The third-order valence-corrected chi connectivity index (χ3v) is 0.606. The predicted octanol–water partition coefficient (Wildman–Crippen LogP) is -0.0753. The molecule has 0 aromatic carbocycles. The average molecular weight is 113 g/mol. The van der Waals surface area contributed by atoms with Crippen molar-refractivity contribution in [3.8, 4) is 0 Å². The normalized spacial score (nSPS) is 9.62. The van der Waals surface area contributed by atoms with Crippen molar-refractivity contribution in [2.24, 2.45) is 5.10 Å². The lowest BCUT2D eigenvalue weighted by Crippen LogP contribution is -2.05. The van der Waals surface area contributed by atoms with Crippen molar-refractivity contribution in [1.29, 1.82) is 0 Å². The van der Waals surface area contributed by atoms with Gasteiger partial charge in [-0.05, 0) is 7.05 Å². The van der Waals surface area contributed by atoms with E-state index < -0.39 is 0 Å². The van der Waals surface area contributed by atoms with Gasteiger partial charge in [-0.2, -0.15) is 5.10 Å². The summed E-state index contributed by atoms with van der Waals surface area (Å²) >= 11 is 0. The van der Waals surface area contributed by atoms with Crippen LogP contribution >= 0.6 is 0 Å². The van der Waals surface area contributed by atoms with Gasteiger partial charge in [0.15, 0.2) is 0 Å². The predicted molar refractivity (Wildman–Crippen MR) is 35.8 cm³/mol. The van der Waals surface area contributed by atoms with Gasteiger partial charge in [0.1, 0.15) is 0 Å². The van der Waals surface area contributed by atoms with E-state index in [2.05, 4.69) is 22.6 Å². The van der Waals surface area contributed by atoms with Gasteiger partial charge < -0.3 is 5.32 Å². The van der Waals surface area contributed by atoms with Gasteiger partial charge in [-0.3, -0.25) is 5.43 Å². The molecule has 0 unspecified atom stereocenters. The fourth-order valence-electron chi connectivity index (χ4n) is 0.282. The van der Waals surface area contributed by atoms with Crippen LogP contribution in [0.25, 0.3) is 0 Å². The van der Waals surface area contributed by atoms with Gasteiger partial charge in [-0.1, -0.05) is 6.08 Å². The van der Waals surface area contributed by atoms with Crippen LogP contribution in [0.15, 0.2) is 17.4 Å². The Labute approximate surface area is 49.5 Å². The second kappa shape index (κ2) is 6.17. The quantitative estimate of drug-likeness (QED) is 0.395. The molecule has 0 bridgehead atoms. The maximum absolute atomic E-state index is 3.39. The van der Waals surface area contributed by atoms with Crippen molar-refractivity contribution >= 4 is 6.72 Å². The van der Waals surface area contributed by atoms with Gasteiger partial charge in [0.2, 0.25) is 0 Å². The van der Waals surface area contributed by atoms with Crippen LogP contribution in [0.1, 0.15) is 0 Å². The smallest absolute Gasteiger partial charge is 0.0172 e. The first kappa shape index (κ1) is 7.17. The first-order valence-electron chi connectivity index (χ1n) is 2.42. The number of hydrogen-bond acceptors (Lipinski definition) is 3. The Bertz CT molecular complexity index is 77.7. The molecular weight excluding hydrogens is 102 g/mol. The van der Waals surface area contributed by atoms with E-state index in [0.29, 0.717) is 0 Å². The molecular formula is C5H11N3. The second-order valence-electron chi connectivity index (χ2n) is 1.25. The number of hydrogen-bond donors (Lipinski definition) is 2. The molecule has 0 saturated carbocycles. The summed E-state index contributed by atoms with van der Waals surface area (Å²) in [7, 11) is 1.88. The first-order chi connectivity index (χ1) is 3.91. The van der Waals surface area contributed by atoms with Crippen LogP contribution in [0.3, 0.4) is 0 Å². The maximum atomic E-state index is 3.39. The number of likely N-dealkylation sites (N-methyl/N-ethyl adjacent to an activating group) is 1. The molecule has 0 heterocycles. The third kappa shape index (κ3) is 5.17. The number of nitrogens with zero attached hydrogens (tertiary/aromatic N) is 1. The SMILES string of the molecule is C=NN/C=C/CNC. The molecule has 0 saturated heterocycles. The van der Waals surface area contributed by atoms with Crippen LogP contribution < -0.4 is 10.7 Å². The molecule has 0 atom stereocenters. The number of rotatable bonds is 4. The van der Waals surface area contributed by atoms with E-state index >= 15 is 0 Å². The highest BCUT2D eigenvalue weighted by Gasteiger charge is 1.65. The van der Waals surface area contributed by atoms with Crippen molar-refractivity contribution < 1.29 is 0 Å². The molecule has 0 spiro atoms. The molecule has 0 aliphatic heterocycles. The molecule has 0 radical (unpaired) electrons. The molecule has 3 nitrogen and oxygen atoms in total. The summed E-state index contributed by atoms with van der Waals surface area (Å²) in [6, 6.07) is 0. The van der Waals surface area contributed by atoms with Crippen LogP contribution in [0, 0.1) is 0 Å². The van der Waals surface area contributed by atoms with E-state index in [9.17, 15) is 0 Å². The summed E-state index contributed by atoms with van der Waals surface area (Å²) < 4.78 is 0. The minimum Gasteiger partial charge on any atom is -0.316 e. The Kier molecular flexibility index (Phi) is 5.53. The van der Waals surface area contributed by atoms with Crippen molar-refractivity contribution in [3.05, 3.63) is 12.3 Å². The Morgan fingerprint density at radius 1 is 1.75 bits per heavy atom. The van der Waals surface area contributed by atoms with E-state index in [1.807, 2.05) is 13.1 Å². The molecule has 3 heteroatoms. The van der Waals surface area contributed by atoms with Gasteiger partial charge in [0.25, 0.3) is 0 Å². The number of hydrazone groups is 1. The van der Waals surface area contributed by atoms with Crippen molar-refractivity contribution in [1.82, 2.24) is 10.7 Å². The average Bonchev–Trinajstić information content (AvgIpc) is 1.81. The van der Waals surface area contributed by atoms with E-state index in [4.69, 9.17) is 0 Å². The van der Waals surface area contributed by atoms with Crippen molar-refractivity contribution in [2.45, 2.75) is 0 Å². The summed E-state index contributed by atoms with van der Waals surface area (Å²) in [6.07, 6.45) is 3.64. The highest BCUT2D eigenvalue weighted by molar-refractivity contribution is 5.22. The van der Waals surface area contributed by atoms with Crippen LogP contribution in [-0.2, 0) is 0 Å². The monoisotopic (exact) mass is 113 g/mol. The molecule has 0 aromatic heterocycles. The molecule has 0 aliphatic carbocycles. The molecule has 0 amide bonds. The van der Waals surface area contributed by atoms with E-state index in [0.717, 1.165) is 6.54 Å². The van der Waals surface area contributed by atoms with E-state index in [1.165, 1.54) is 0 Å². The van der Waals surface area contributed by atoms with Gasteiger partial charge >= 0.3 is 0 Å². The second-order valence-corrected chi connectivity index (χ2v) is 1.25. The lowest BCUT2D eigenvalue weighted by atomic mass is 10.6. The summed E-state index contributed by atoms with van der Waals surface area (Å²) in [4.78, 5) is 0.